The highest BCUT2D eigenvalue weighted by molar-refractivity contribution is 6.04. The average molecular weight is 356 g/mol. The van der Waals surface area contributed by atoms with E-state index in [-0.39, 0.29) is 6.42 Å². The maximum absolute atomic E-state index is 13.4. The predicted molar refractivity (Wildman–Crippen MR) is 94.5 cm³/mol. The van der Waals surface area contributed by atoms with Crippen molar-refractivity contribution in [2.24, 2.45) is 5.41 Å². The zero-order chi connectivity index (χ0) is 19.1. The largest absolute Gasteiger partial charge is 0.480 e. The molecule has 1 aromatic heterocycles. The fourth-order valence-electron chi connectivity index (χ4n) is 3.71. The highest BCUT2D eigenvalue weighted by atomic mass is 19.1. The minimum Gasteiger partial charge on any atom is -0.480 e. The summed E-state index contributed by atoms with van der Waals surface area (Å²) >= 11 is 0. The number of carbonyl (C=O) groups excluding carboxylic acids is 1. The van der Waals surface area contributed by atoms with Gasteiger partial charge in [-0.2, -0.15) is 5.10 Å². The summed E-state index contributed by atoms with van der Waals surface area (Å²) in [7, 11) is 0. The summed E-state index contributed by atoms with van der Waals surface area (Å²) in [6, 6.07) is 7.40. The van der Waals surface area contributed by atoms with Crippen molar-refractivity contribution < 1.29 is 19.1 Å². The molecule has 6 heteroatoms. The Morgan fingerprint density at radius 3 is 2.42 bits per heavy atom. The number of hydrogen-bond acceptors (Lipinski definition) is 3. The second kappa shape index (κ2) is 6.52. The zero-order valence-electron chi connectivity index (χ0n) is 15.0. The Labute approximate surface area is 151 Å². The topological polar surface area (TPSA) is 72.2 Å². The molecule has 1 heterocycles. The molecule has 136 valence electrons. The molecule has 0 fully saturated rings. The van der Waals surface area contributed by atoms with Gasteiger partial charge in [0.15, 0.2) is 5.41 Å². The third-order valence-corrected chi connectivity index (χ3v) is 5.09. The SMILES string of the molecule is CC1=C[C@H](c2ccc(F)cc2)[C@@](C(=O)O)(C(=O)n2nc(C)cc2C)CC1. The minimum absolute atomic E-state index is 0.171. The molecule has 1 N–H and O–H groups in total. The van der Waals surface area contributed by atoms with Crippen molar-refractivity contribution in [2.45, 2.75) is 39.5 Å². The van der Waals surface area contributed by atoms with Crippen molar-refractivity contribution in [3.63, 3.8) is 0 Å². The van der Waals surface area contributed by atoms with E-state index in [1.54, 1.807) is 32.0 Å². The summed E-state index contributed by atoms with van der Waals surface area (Å²) in [6.07, 6.45) is 2.49. The third kappa shape index (κ3) is 2.85. The monoisotopic (exact) mass is 356 g/mol. The molecular formula is C20H21FN2O3. The van der Waals surface area contributed by atoms with E-state index in [0.717, 1.165) is 5.57 Å². The lowest BCUT2D eigenvalue weighted by Crippen LogP contribution is -2.48. The number of halogens is 1. The van der Waals surface area contributed by atoms with Crippen LogP contribution in [0.4, 0.5) is 4.39 Å². The molecule has 0 saturated carbocycles. The Morgan fingerprint density at radius 2 is 1.88 bits per heavy atom. The highest BCUT2D eigenvalue weighted by Crippen LogP contribution is 2.47. The number of carbonyl (C=O) groups is 2. The maximum atomic E-state index is 13.4. The number of allylic oxidation sites excluding steroid dienone is 2. The standard InChI is InChI=1S/C20H21FN2O3/c1-12-8-9-20(19(25)26,18(24)23-14(3)11-13(2)22-23)17(10-12)15-4-6-16(21)7-5-15/h4-7,10-11,17H,8-9H2,1-3H3,(H,25,26)/t17-,20-/m1/s1. The minimum atomic E-state index is -1.68. The van der Waals surface area contributed by atoms with Crippen LogP contribution in [0.25, 0.3) is 0 Å². The molecule has 0 bridgehead atoms. The number of benzene rings is 1. The third-order valence-electron chi connectivity index (χ3n) is 5.09. The van der Waals surface area contributed by atoms with Crippen LogP contribution in [0.1, 0.15) is 47.4 Å². The first-order chi connectivity index (χ1) is 12.3. The van der Waals surface area contributed by atoms with E-state index >= 15 is 0 Å². The van der Waals surface area contributed by atoms with E-state index in [9.17, 15) is 19.1 Å². The number of aromatic nitrogens is 2. The Hall–Kier alpha value is -2.76. The van der Waals surface area contributed by atoms with E-state index < -0.39 is 29.0 Å². The van der Waals surface area contributed by atoms with Crippen LogP contribution in [-0.2, 0) is 4.79 Å². The molecule has 0 spiro atoms. The summed E-state index contributed by atoms with van der Waals surface area (Å²) in [4.78, 5) is 25.8. The fraction of sp³-hybridized carbons (Fsp3) is 0.350. The first kappa shape index (κ1) is 18.0. The molecule has 5 nitrogen and oxygen atoms in total. The maximum Gasteiger partial charge on any atom is 0.320 e. The van der Waals surface area contributed by atoms with Crippen LogP contribution in [0.3, 0.4) is 0 Å². The molecule has 2 atom stereocenters. The van der Waals surface area contributed by atoms with Gasteiger partial charge in [0.05, 0.1) is 5.69 Å². The van der Waals surface area contributed by atoms with Crippen molar-refractivity contribution in [3.05, 3.63) is 64.7 Å². The van der Waals surface area contributed by atoms with Crippen molar-refractivity contribution in [2.75, 3.05) is 0 Å². The summed E-state index contributed by atoms with van der Waals surface area (Å²) in [5, 5.41) is 14.3. The first-order valence-electron chi connectivity index (χ1n) is 8.50. The van der Waals surface area contributed by atoms with Gasteiger partial charge in [-0.05, 0) is 57.4 Å². The Bertz CT molecular complexity index is 898. The molecule has 3 rings (SSSR count). The molecule has 0 unspecified atom stereocenters. The Kier molecular flexibility index (Phi) is 4.52. The van der Waals surface area contributed by atoms with Gasteiger partial charge in [0.25, 0.3) is 5.91 Å². The Morgan fingerprint density at radius 1 is 1.23 bits per heavy atom. The van der Waals surface area contributed by atoms with Crippen LogP contribution in [0.15, 0.2) is 42.0 Å². The number of carboxylic acid groups (broad SMARTS) is 1. The summed E-state index contributed by atoms with van der Waals surface area (Å²) in [6.45, 7) is 5.40. The zero-order valence-corrected chi connectivity index (χ0v) is 15.0. The predicted octanol–water partition coefficient (Wildman–Crippen LogP) is 3.87. The van der Waals surface area contributed by atoms with E-state index in [2.05, 4.69) is 5.10 Å². The fourth-order valence-corrected chi connectivity index (χ4v) is 3.71. The quantitative estimate of drug-likeness (QED) is 0.669. The molecule has 1 aliphatic carbocycles. The van der Waals surface area contributed by atoms with Crippen LogP contribution < -0.4 is 0 Å². The van der Waals surface area contributed by atoms with E-state index in [4.69, 9.17) is 0 Å². The summed E-state index contributed by atoms with van der Waals surface area (Å²) in [5.41, 5.74) is 1.18. The van der Waals surface area contributed by atoms with Gasteiger partial charge in [0, 0.05) is 11.6 Å². The molecule has 0 amide bonds. The van der Waals surface area contributed by atoms with Gasteiger partial charge in [0.1, 0.15) is 5.82 Å². The lowest BCUT2D eigenvalue weighted by molar-refractivity contribution is -0.147. The van der Waals surface area contributed by atoms with Crippen LogP contribution in [0.5, 0.6) is 0 Å². The van der Waals surface area contributed by atoms with Crippen molar-refractivity contribution in [1.82, 2.24) is 9.78 Å². The van der Waals surface area contributed by atoms with Gasteiger partial charge in [0.2, 0.25) is 0 Å². The van der Waals surface area contributed by atoms with E-state index in [1.807, 2.05) is 13.0 Å². The number of nitrogens with zero attached hydrogens (tertiary/aromatic N) is 2. The molecule has 2 aromatic rings. The smallest absolute Gasteiger partial charge is 0.320 e. The lowest BCUT2D eigenvalue weighted by atomic mass is 9.64. The van der Waals surface area contributed by atoms with Crippen molar-refractivity contribution in [3.8, 4) is 0 Å². The van der Waals surface area contributed by atoms with Crippen LogP contribution in [0, 0.1) is 25.1 Å². The number of aryl methyl sites for hydroxylation is 2. The molecule has 0 aliphatic heterocycles. The summed E-state index contributed by atoms with van der Waals surface area (Å²) < 4.78 is 14.5. The van der Waals surface area contributed by atoms with Crippen LogP contribution in [-0.4, -0.2) is 26.8 Å². The van der Waals surface area contributed by atoms with Gasteiger partial charge >= 0.3 is 5.97 Å². The van der Waals surface area contributed by atoms with Crippen LogP contribution in [0.2, 0.25) is 0 Å². The van der Waals surface area contributed by atoms with E-state index in [1.165, 1.54) is 16.8 Å². The molecule has 0 saturated heterocycles. The van der Waals surface area contributed by atoms with E-state index in [0.29, 0.717) is 23.4 Å². The number of hydrogen-bond donors (Lipinski definition) is 1. The summed E-state index contributed by atoms with van der Waals surface area (Å²) in [5.74, 6) is -2.84. The number of rotatable bonds is 3. The average Bonchev–Trinajstić information content (AvgIpc) is 2.93. The van der Waals surface area contributed by atoms with Gasteiger partial charge in [-0.25, -0.2) is 9.07 Å². The molecule has 0 radical (unpaired) electrons. The van der Waals surface area contributed by atoms with Crippen LogP contribution >= 0.6 is 0 Å². The number of carboxylic acids is 1. The Balaban J connectivity index is 2.19. The highest BCUT2D eigenvalue weighted by Gasteiger charge is 2.54. The lowest BCUT2D eigenvalue weighted by Gasteiger charge is -2.38. The second-order valence-corrected chi connectivity index (χ2v) is 6.96. The van der Waals surface area contributed by atoms with Gasteiger partial charge < -0.3 is 5.11 Å². The molecule has 1 aromatic carbocycles. The van der Waals surface area contributed by atoms with Gasteiger partial charge in [-0.15, -0.1) is 0 Å². The normalized spacial score (nSPS) is 22.8. The number of aliphatic carboxylic acids is 1. The molecular weight excluding hydrogens is 335 g/mol. The molecule has 26 heavy (non-hydrogen) atoms. The molecule has 1 aliphatic rings. The van der Waals surface area contributed by atoms with Crippen molar-refractivity contribution in [1.29, 1.82) is 0 Å². The first-order valence-corrected chi connectivity index (χ1v) is 8.50. The van der Waals surface area contributed by atoms with Gasteiger partial charge in [-0.3, -0.25) is 9.59 Å². The van der Waals surface area contributed by atoms with Crippen molar-refractivity contribution >= 4 is 11.9 Å². The van der Waals surface area contributed by atoms with Gasteiger partial charge in [-0.1, -0.05) is 23.8 Å². The second-order valence-electron chi connectivity index (χ2n) is 6.96.